The molecule has 3 nitrogen and oxygen atoms in total. The van der Waals surface area contributed by atoms with Crippen LogP contribution in [0.2, 0.25) is 10.0 Å². The average molecular weight is 331 g/mol. The molecular weight excluding hydrogens is 319 g/mol. The largest absolute Gasteiger partial charge is 0.326 e. The number of amides is 1. The van der Waals surface area contributed by atoms with E-state index in [4.69, 9.17) is 23.2 Å². The Balaban J connectivity index is 1.80. The quantitative estimate of drug-likeness (QED) is 0.754. The third-order valence-corrected chi connectivity index (χ3v) is 4.01. The first-order chi connectivity index (χ1) is 10.6. The van der Waals surface area contributed by atoms with Crippen LogP contribution in [0.15, 0.2) is 54.7 Å². The van der Waals surface area contributed by atoms with Gasteiger partial charge < -0.3 is 5.32 Å². The summed E-state index contributed by atoms with van der Waals surface area (Å²) in [5.41, 5.74) is 2.34. The molecule has 5 heteroatoms. The number of fused-ring (bicyclic) bond motifs is 1. The second-order valence-corrected chi connectivity index (χ2v) is 5.66. The number of rotatable bonds is 3. The van der Waals surface area contributed by atoms with E-state index in [1.165, 1.54) is 0 Å². The molecule has 0 atom stereocenters. The minimum atomic E-state index is -0.128. The van der Waals surface area contributed by atoms with E-state index in [0.29, 0.717) is 15.7 Å². The SMILES string of the molecule is O=C(Cc1cccc2cccnc12)Nc1ccc(Cl)c(Cl)c1. The molecule has 3 rings (SSSR count). The van der Waals surface area contributed by atoms with Crippen molar-refractivity contribution in [3.8, 4) is 0 Å². The summed E-state index contributed by atoms with van der Waals surface area (Å²) in [6.07, 6.45) is 1.97. The molecule has 110 valence electrons. The number of halogens is 2. The van der Waals surface area contributed by atoms with Crippen LogP contribution >= 0.6 is 23.2 Å². The summed E-state index contributed by atoms with van der Waals surface area (Å²) in [5.74, 6) is -0.128. The summed E-state index contributed by atoms with van der Waals surface area (Å²) in [5, 5.41) is 4.69. The number of nitrogens with one attached hydrogen (secondary N) is 1. The molecule has 0 saturated carbocycles. The highest BCUT2D eigenvalue weighted by molar-refractivity contribution is 6.42. The number of aromatic nitrogens is 1. The zero-order valence-corrected chi connectivity index (χ0v) is 13.0. The number of nitrogens with zero attached hydrogens (tertiary/aromatic N) is 1. The van der Waals surface area contributed by atoms with Crippen LogP contribution in [0.4, 0.5) is 5.69 Å². The lowest BCUT2D eigenvalue weighted by Gasteiger charge is -2.08. The molecule has 0 radical (unpaired) electrons. The Kier molecular flexibility index (Phi) is 4.27. The van der Waals surface area contributed by atoms with E-state index in [1.807, 2.05) is 30.3 Å². The number of hydrogen-bond acceptors (Lipinski definition) is 2. The van der Waals surface area contributed by atoms with Gasteiger partial charge in [0, 0.05) is 17.3 Å². The molecule has 2 aromatic carbocycles. The number of anilines is 1. The van der Waals surface area contributed by atoms with Gasteiger partial charge >= 0.3 is 0 Å². The first-order valence-electron chi connectivity index (χ1n) is 6.71. The maximum Gasteiger partial charge on any atom is 0.228 e. The molecule has 22 heavy (non-hydrogen) atoms. The zero-order chi connectivity index (χ0) is 15.5. The van der Waals surface area contributed by atoms with Crippen LogP contribution in [-0.4, -0.2) is 10.9 Å². The second-order valence-electron chi connectivity index (χ2n) is 4.85. The summed E-state index contributed by atoms with van der Waals surface area (Å²) in [7, 11) is 0. The number of benzene rings is 2. The highest BCUT2D eigenvalue weighted by atomic mass is 35.5. The molecule has 0 aliphatic carbocycles. The van der Waals surface area contributed by atoms with Gasteiger partial charge in [-0.05, 0) is 29.8 Å². The Morgan fingerprint density at radius 3 is 2.68 bits per heavy atom. The van der Waals surface area contributed by atoms with Gasteiger partial charge in [0.25, 0.3) is 0 Å². The van der Waals surface area contributed by atoms with Gasteiger partial charge in [-0.3, -0.25) is 9.78 Å². The fourth-order valence-electron chi connectivity index (χ4n) is 2.26. The fourth-order valence-corrected chi connectivity index (χ4v) is 2.56. The summed E-state index contributed by atoms with van der Waals surface area (Å²) >= 11 is 11.8. The van der Waals surface area contributed by atoms with E-state index in [9.17, 15) is 4.79 Å². The smallest absolute Gasteiger partial charge is 0.228 e. The van der Waals surface area contributed by atoms with Crippen molar-refractivity contribution in [1.82, 2.24) is 4.98 Å². The maximum absolute atomic E-state index is 12.2. The number of carbonyl (C=O) groups is 1. The van der Waals surface area contributed by atoms with Gasteiger partial charge in [0.2, 0.25) is 5.91 Å². The Bertz CT molecular complexity index is 844. The van der Waals surface area contributed by atoms with Crippen LogP contribution in [0.5, 0.6) is 0 Å². The van der Waals surface area contributed by atoms with Gasteiger partial charge in [-0.25, -0.2) is 0 Å². The van der Waals surface area contributed by atoms with Crippen molar-refractivity contribution in [1.29, 1.82) is 0 Å². The first kappa shape index (κ1) is 14.8. The van der Waals surface area contributed by atoms with Crippen molar-refractivity contribution in [2.75, 3.05) is 5.32 Å². The molecule has 0 aliphatic heterocycles. The van der Waals surface area contributed by atoms with Crippen molar-refractivity contribution in [3.63, 3.8) is 0 Å². The minimum absolute atomic E-state index is 0.128. The molecular formula is C17H12Cl2N2O. The molecule has 1 amide bonds. The molecule has 0 unspecified atom stereocenters. The maximum atomic E-state index is 12.2. The normalized spacial score (nSPS) is 10.6. The Morgan fingerprint density at radius 2 is 1.86 bits per heavy atom. The van der Waals surface area contributed by atoms with Crippen LogP contribution in [0.3, 0.4) is 0 Å². The van der Waals surface area contributed by atoms with Crippen LogP contribution in [-0.2, 0) is 11.2 Å². The van der Waals surface area contributed by atoms with E-state index in [1.54, 1.807) is 24.4 Å². The van der Waals surface area contributed by atoms with E-state index >= 15 is 0 Å². The predicted molar refractivity (Wildman–Crippen MR) is 90.5 cm³/mol. The molecule has 0 saturated heterocycles. The van der Waals surface area contributed by atoms with E-state index in [-0.39, 0.29) is 12.3 Å². The van der Waals surface area contributed by atoms with E-state index < -0.39 is 0 Å². The van der Waals surface area contributed by atoms with Crippen LogP contribution in [0.1, 0.15) is 5.56 Å². The molecule has 1 N–H and O–H groups in total. The third-order valence-electron chi connectivity index (χ3n) is 3.27. The Labute approximate surface area is 137 Å². The minimum Gasteiger partial charge on any atom is -0.326 e. The van der Waals surface area contributed by atoms with Gasteiger partial charge in [0.05, 0.1) is 22.0 Å². The molecule has 0 bridgehead atoms. The summed E-state index contributed by atoms with van der Waals surface area (Å²) in [4.78, 5) is 16.6. The van der Waals surface area contributed by atoms with Crippen molar-refractivity contribution < 1.29 is 4.79 Å². The Morgan fingerprint density at radius 1 is 1.05 bits per heavy atom. The number of hydrogen-bond donors (Lipinski definition) is 1. The standard InChI is InChI=1S/C17H12Cl2N2O/c18-14-7-6-13(10-15(14)19)21-16(22)9-12-4-1-3-11-5-2-8-20-17(11)12/h1-8,10H,9H2,(H,21,22). The topological polar surface area (TPSA) is 42.0 Å². The van der Waals surface area contributed by atoms with Gasteiger partial charge in [-0.1, -0.05) is 47.5 Å². The third kappa shape index (κ3) is 3.21. The first-order valence-corrected chi connectivity index (χ1v) is 7.46. The van der Waals surface area contributed by atoms with Crippen LogP contribution in [0, 0.1) is 0 Å². The molecule has 0 fully saturated rings. The highest BCUT2D eigenvalue weighted by Gasteiger charge is 2.09. The summed E-state index contributed by atoms with van der Waals surface area (Å²) in [6.45, 7) is 0. The highest BCUT2D eigenvalue weighted by Crippen LogP contribution is 2.25. The van der Waals surface area contributed by atoms with E-state index in [2.05, 4.69) is 10.3 Å². The second kappa shape index (κ2) is 6.34. The molecule has 1 heterocycles. The number of pyridine rings is 1. The fraction of sp³-hybridized carbons (Fsp3) is 0.0588. The van der Waals surface area contributed by atoms with Gasteiger partial charge in [-0.2, -0.15) is 0 Å². The van der Waals surface area contributed by atoms with Crippen molar-refractivity contribution in [2.45, 2.75) is 6.42 Å². The van der Waals surface area contributed by atoms with Crippen LogP contribution in [0.25, 0.3) is 10.9 Å². The summed E-state index contributed by atoms with van der Waals surface area (Å²) < 4.78 is 0. The lowest BCUT2D eigenvalue weighted by Crippen LogP contribution is -2.14. The molecule has 0 spiro atoms. The summed E-state index contributed by atoms with van der Waals surface area (Å²) in [6, 6.07) is 14.7. The average Bonchev–Trinajstić information content (AvgIpc) is 2.51. The van der Waals surface area contributed by atoms with Gasteiger partial charge in [0.1, 0.15) is 0 Å². The van der Waals surface area contributed by atoms with Crippen molar-refractivity contribution >= 4 is 45.7 Å². The van der Waals surface area contributed by atoms with Crippen LogP contribution < -0.4 is 5.32 Å². The van der Waals surface area contributed by atoms with E-state index in [0.717, 1.165) is 16.5 Å². The molecule has 3 aromatic rings. The lowest BCUT2D eigenvalue weighted by atomic mass is 10.1. The monoisotopic (exact) mass is 330 g/mol. The van der Waals surface area contributed by atoms with Crippen molar-refractivity contribution in [2.24, 2.45) is 0 Å². The Hall–Kier alpha value is -2.10. The number of carbonyl (C=O) groups excluding carboxylic acids is 1. The number of para-hydroxylation sites is 1. The van der Waals surface area contributed by atoms with Gasteiger partial charge in [0.15, 0.2) is 0 Å². The predicted octanol–water partition coefficient (Wildman–Crippen LogP) is 4.72. The van der Waals surface area contributed by atoms with Crippen molar-refractivity contribution in [3.05, 3.63) is 70.3 Å². The lowest BCUT2D eigenvalue weighted by molar-refractivity contribution is -0.115. The molecule has 0 aliphatic rings. The zero-order valence-electron chi connectivity index (χ0n) is 11.5. The molecule has 1 aromatic heterocycles. The van der Waals surface area contributed by atoms with Gasteiger partial charge in [-0.15, -0.1) is 0 Å².